The van der Waals surface area contributed by atoms with E-state index in [0.29, 0.717) is 49.9 Å². The maximum Gasteiger partial charge on any atom is 0.253 e. The predicted molar refractivity (Wildman–Crippen MR) is 93.5 cm³/mol. The Kier molecular flexibility index (Phi) is 4.31. The molecule has 6 heteroatoms. The van der Waals surface area contributed by atoms with E-state index >= 15 is 0 Å². The molecular weight excluding hydrogens is 330 g/mol. The number of carbonyl (C=O) groups excluding carboxylic acids is 1. The molecule has 2 aromatic rings. The minimum Gasteiger partial charge on any atom is -0.477 e. The van der Waals surface area contributed by atoms with E-state index < -0.39 is 0 Å². The number of likely N-dealkylation sites (tertiary alicyclic amines) is 1. The van der Waals surface area contributed by atoms with Gasteiger partial charge in [-0.05, 0) is 18.2 Å². The molecule has 26 heavy (non-hydrogen) atoms. The zero-order valence-corrected chi connectivity index (χ0v) is 14.3. The van der Waals surface area contributed by atoms with Crippen LogP contribution >= 0.6 is 0 Å². The van der Waals surface area contributed by atoms with Gasteiger partial charge in [0.05, 0.1) is 30.8 Å². The average molecular weight is 349 g/mol. The van der Waals surface area contributed by atoms with Gasteiger partial charge in [-0.25, -0.2) is 4.98 Å². The third-order valence-corrected chi connectivity index (χ3v) is 5.20. The second-order valence-corrected chi connectivity index (χ2v) is 6.91. The summed E-state index contributed by atoms with van der Waals surface area (Å²) in [5, 5.41) is 8.84. The van der Waals surface area contributed by atoms with Crippen LogP contribution in [0.25, 0.3) is 0 Å². The van der Waals surface area contributed by atoms with Crippen molar-refractivity contribution in [3.63, 3.8) is 0 Å². The Bertz CT molecular complexity index is 832. The molecule has 1 aromatic carbocycles. The standard InChI is InChI=1S/C20H19N3O3/c21-8-15-6-7-18(22-9-15)26-14-20-12-23(10-17(20)11-25-13-20)19(24)16-4-2-1-3-5-16/h1-7,9,17H,10-14H2/t17-,20+/m1/s1. The second-order valence-electron chi connectivity index (χ2n) is 6.91. The lowest BCUT2D eigenvalue weighted by atomic mass is 9.82. The number of nitrogens with zero attached hydrogens (tertiary/aromatic N) is 3. The minimum atomic E-state index is -0.208. The Morgan fingerprint density at radius 1 is 1.35 bits per heavy atom. The van der Waals surface area contributed by atoms with Crippen molar-refractivity contribution in [3.05, 3.63) is 59.8 Å². The Morgan fingerprint density at radius 3 is 2.92 bits per heavy atom. The first-order chi connectivity index (χ1) is 12.7. The fourth-order valence-electron chi connectivity index (χ4n) is 3.70. The molecule has 6 nitrogen and oxygen atoms in total. The van der Waals surface area contributed by atoms with Crippen LogP contribution in [0.3, 0.4) is 0 Å². The number of benzene rings is 1. The van der Waals surface area contributed by atoms with Crippen molar-refractivity contribution in [2.24, 2.45) is 11.3 Å². The molecule has 2 aliphatic rings. The van der Waals surface area contributed by atoms with Crippen LogP contribution in [0.5, 0.6) is 5.88 Å². The van der Waals surface area contributed by atoms with Crippen molar-refractivity contribution in [3.8, 4) is 11.9 Å². The van der Waals surface area contributed by atoms with Crippen molar-refractivity contribution in [1.29, 1.82) is 5.26 Å². The summed E-state index contributed by atoms with van der Waals surface area (Å²) in [4.78, 5) is 18.8. The van der Waals surface area contributed by atoms with E-state index in [2.05, 4.69) is 4.98 Å². The lowest BCUT2D eigenvalue weighted by Gasteiger charge is -2.26. The number of pyridine rings is 1. The molecule has 1 amide bonds. The van der Waals surface area contributed by atoms with Crippen LogP contribution in [0, 0.1) is 22.7 Å². The molecule has 2 saturated heterocycles. The highest BCUT2D eigenvalue weighted by Gasteiger charge is 2.52. The Labute approximate surface area is 152 Å². The van der Waals surface area contributed by atoms with Gasteiger partial charge in [-0.3, -0.25) is 4.79 Å². The van der Waals surface area contributed by atoms with E-state index in [1.165, 1.54) is 6.20 Å². The fourth-order valence-corrected chi connectivity index (χ4v) is 3.70. The average Bonchev–Trinajstić information content (AvgIpc) is 3.24. The highest BCUT2D eigenvalue weighted by atomic mass is 16.5. The first-order valence-corrected chi connectivity index (χ1v) is 8.61. The van der Waals surface area contributed by atoms with Gasteiger partial charge < -0.3 is 14.4 Å². The molecule has 2 atom stereocenters. The van der Waals surface area contributed by atoms with Gasteiger partial charge in [0.15, 0.2) is 0 Å². The van der Waals surface area contributed by atoms with Gasteiger partial charge in [-0.15, -0.1) is 0 Å². The van der Waals surface area contributed by atoms with Gasteiger partial charge in [-0.2, -0.15) is 5.26 Å². The number of aromatic nitrogens is 1. The molecule has 0 bridgehead atoms. The van der Waals surface area contributed by atoms with E-state index in [1.54, 1.807) is 12.1 Å². The SMILES string of the molecule is N#Cc1ccc(OC[C@]23COC[C@H]2CN(C(=O)c2ccccc2)C3)nc1. The fraction of sp³-hybridized carbons (Fsp3) is 0.350. The van der Waals surface area contributed by atoms with E-state index in [4.69, 9.17) is 14.7 Å². The summed E-state index contributed by atoms with van der Waals surface area (Å²) < 4.78 is 11.6. The van der Waals surface area contributed by atoms with Gasteiger partial charge in [-0.1, -0.05) is 18.2 Å². The van der Waals surface area contributed by atoms with Crippen LogP contribution in [-0.4, -0.2) is 48.7 Å². The van der Waals surface area contributed by atoms with Crippen LogP contribution in [0.4, 0.5) is 0 Å². The molecule has 0 N–H and O–H groups in total. The van der Waals surface area contributed by atoms with Gasteiger partial charge in [0.25, 0.3) is 5.91 Å². The molecule has 3 heterocycles. The summed E-state index contributed by atoms with van der Waals surface area (Å²) in [6.45, 7) is 2.95. The van der Waals surface area contributed by atoms with Crippen LogP contribution < -0.4 is 4.74 Å². The molecule has 2 fully saturated rings. The molecular formula is C20H19N3O3. The quantitative estimate of drug-likeness (QED) is 0.845. The molecule has 4 rings (SSSR count). The van der Waals surface area contributed by atoms with E-state index in [0.717, 1.165) is 0 Å². The number of hydrogen-bond donors (Lipinski definition) is 0. The summed E-state index contributed by atoms with van der Waals surface area (Å²) >= 11 is 0. The van der Waals surface area contributed by atoms with Crippen molar-refractivity contribution in [2.75, 3.05) is 32.9 Å². The lowest BCUT2D eigenvalue weighted by Crippen LogP contribution is -2.38. The number of hydrogen-bond acceptors (Lipinski definition) is 5. The molecule has 1 aromatic heterocycles. The third-order valence-electron chi connectivity index (χ3n) is 5.20. The minimum absolute atomic E-state index is 0.0517. The summed E-state index contributed by atoms with van der Waals surface area (Å²) in [5.41, 5.74) is 0.997. The molecule has 2 aliphatic heterocycles. The zero-order chi connectivity index (χ0) is 18.0. The molecule has 0 unspecified atom stereocenters. The number of amides is 1. The van der Waals surface area contributed by atoms with Gasteiger partial charge in [0.1, 0.15) is 6.07 Å². The summed E-state index contributed by atoms with van der Waals surface area (Å²) in [7, 11) is 0. The largest absolute Gasteiger partial charge is 0.477 e. The smallest absolute Gasteiger partial charge is 0.253 e. The number of fused-ring (bicyclic) bond motifs is 1. The normalized spacial score (nSPS) is 24.1. The number of rotatable bonds is 4. The Hall–Kier alpha value is -2.91. The topological polar surface area (TPSA) is 75.5 Å². The van der Waals surface area contributed by atoms with Crippen LogP contribution in [0.1, 0.15) is 15.9 Å². The van der Waals surface area contributed by atoms with Crippen LogP contribution in [-0.2, 0) is 4.74 Å². The van der Waals surface area contributed by atoms with Crippen molar-refractivity contribution in [2.45, 2.75) is 0 Å². The van der Waals surface area contributed by atoms with Crippen LogP contribution in [0.2, 0.25) is 0 Å². The van der Waals surface area contributed by atoms with Crippen molar-refractivity contribution in [1.82, 2.24) is 9.88 Å². The van der Waals surface area contributed by atoms with E-state index in [-0.39, 0.29) is 17.2 Å². The first-order valence-electron chi connectivity index (χ1n) is 8.61. The Morgan fingerprint density at radius 2 is 2.19 bits per heavy atom. The van der Waals surface area contributed by atoms with Gasteiger partial charge in [0.2, 0.25) is 5.88 Å². The highest BCUT2D eigenvalue weighted by Crippen LogP contribution is 2.42. The van der Waals surface area contributed by atoms with Crippen LogP contribution in [0.15, 0.2) is 48.7 Å². The molecule has 0 aliphatic carbocycles. The van der Waals surface area contributed by atoms with Gasteiger partial charge >= 0.3 is 0 Å². The van der Waals surface area contributed by atoms with E-state index in [1.807, 2.05) is 41.3 Å². The third kappa shape index (κ3) is 3.02. The molecule has 0 radical (unpaired) electrons. The maximum absolute atomic E-state index is 12.8. The van der Waals surface area contributed by atoms with Crippen molar-refractivity contribution < 1.29 is 14.3 Å². The molecule has 0 saturated carbocycles. The number of ether oxygens (including phenoxy) is 2. The van der Waals surface area contributed by atoms with E-state index in [9.17, 15) is 4.79 Å². The van der Waals surface area contributed by atoms with Crippen molar-refractivity contribution >= 4 is 5.91 Å². The maximum atomic E-state index is 12.8. The monoisotopic (exact) mass is 349 g/mol. The summed E-state index contributed by atoms with van der Waals surface area (Å²) in [5.74, 6) is 0.793. The second kappa shape index (κ2) is 6.77. The lowest BCUT2D eigenvalue weighted by molar-refractivity contribution is 0.0655. The highest BCUT2D eigenvalue weighted by molar-refractivity contribution is 5.94. The number of carbonyl (C=O) groups is 1. The predicted octanol–water partition coefficient (Wildman–Crippen LogP) is 2.12. The zero-order valence-electron chi connectivity index (χ0n) is 14.3. The Balaban J connectivity index is 1.46. The van der Waals surface area contributed by atoms with Gasteiger partial charge in [0, 0.05) is 36.8 Å². The first kappa shape index (κ1) is 16.6. The summed E-state index contributed by atoms with van der Waals surface area (Å²) in [6, 6.07) is 14.8. The summed E-state index contributed by atoms with van der Waals surface area (Å²) in [6.07, 6.45) is 1.50. The number of nitriles is 1. The molecule has 132 valence electrons. The molecule has 0 spiro atoms.